The first-order chi connectivity index (χ1) is 17.3. The van der Waals surface area contributed by atoms with Crippen LogP contribution in [0.3, 0.4) is 0 Å². The normalized spacial score (nSPS) is 16.2. The second-order valence-electron chi connectivity index (χ2n) is 9.28. The smallest absolute Gasteiger partial charge is 0.349 e. The Hall–Kier alpha value is -4.12. The van der Waals surface area contributed by atoms with E-state index >= 15 is 0 Å². The molecule has 1 unspecified atom stereocenters. The van der Waals surface area contributed by atoms with E-state index in [1.807, 2.05) is 0 Å². The molecule has 0 amide bonds. The molecule has 1 N–H and O–H groups in total. The van der Waals surface area contributed by atoms with Gasteiger partial charge in [0.05, 0.1) is 18.2 Å². The first kappa shape index (κ1) is 23.6. The highest BCUT2D eigenvalue weighted by molar-refractivity contribution is 6.03. The van der Waals surface area contributed by atoms with Crippen molar-refractivity contribution in [1.29, 1.82) is 0 Å². The van der Waals surface area contributed by atoms with Gasteiger partial charge in [0, 0.05) is 29.6 Å². The van der Waals surface area contributed by atoms with Gasteiger partial charge in [-0.1, -0.05) is 18.9 Å². The van der Waals surface area contributed by atoms with E-state index in [1.54, 1.807) is 6.92 Å². The van der Waals surface area contributed by atoms with Gasteiger partial charge in [-0.05, 0) is 55.7 Å². The first-order valence-electron chi connectivity index (χ1n) is 11.9. The van der Waals surface area contributed by atoms with E-state index < -0.39 is 11.4 Å². The lowest BCUT2D eigenvalue weighted by Gasteiger charge is -2.23. The molecule has 3 heterocycles. The first-order valence-corrected chi connectivity index (χ1v) is 11.9. The molecule has 5 rings (SSSR count). The van der Waals surface area contributed by atoms with Crippen LogP contribution >= 0.6 is 0 Å². The zero-order chi connectivity index (χ0) is 25.6. The molecule has 1 atom stereocenters. The second kappa shape index (κ2) is 9.15. The summed E-state index contributed by atoms with van der Waals surface area (Å²) >= 11 is 0. The number of aryl methyl sites for hydroxylation is 1. The number of hydrogen-bond acceptors (Lipinski definition) is 7. The number of aromatic hydroxyl groups is 1. The molecular weight excluding hydrogens is 461 g/mol. The van der Waals surface area contributed by atoms with Gasteiger partial charge in [0.25, 0.3) is 0 Å². The van der Waals surface area contributed by atoms with Gasteiger partial charge in [-0.25, -0.2) is 9.18 Å². The summed E-state index contributed by atoms with van der Waals surface area (Å²) in [6, 6.07) is 5.79. The van der Waals surface area contributed by atoms with Crippen molar-refractivity contribution in [2.24, 2.45) is 5.92 Å². The van der Waals surface area contributed by atoms with Crippen LogP contribution in [0.1, 0.15) is 37.3 Å². The molecule has 0 spiro atoms. The van der Waals surface area contributed by atoms with Crippen molar-refractivity contribution in [2.45, 2.75) is 33.1 Å². The fraction of sp³-hybridized carbons (Fsp3) is 0.321. The molecule has 7 nitrogen and oxygen atoms in total. The SMILES string of the molecule is C#Cc1c(F)ccc2cc(O)cc(-c3oc(=O)c4c(N5CCCC(C)CC5)nc(OC)nc4c3C)c12. The third-order valence-corrected chi connectivity index (χ3v) is 6.90. The molecule has 0 aliphatic carbocycles. The molecule has 2 aromatic carbocycles. The van der Waals surface area contributed by atoms with Crippen LogP contribution in [0.15, 0.2) is 33.5 Å². The largest absolute Gasteiger partial charge is 0.508 e. The molecule has 1 saturated heterocycles. The molecule has 4 aromatic rings. The topological polar surface area (TPSA) is 88.7 Å². The average Bonchev–Trinajstić information content (AvgIpc) is 3.09. The number of anilines is 1. The maximum Gasteiger partial charge on any atom is 0.349 e. The number of aromatic nitrogens is 2. The standard InChI is InChI=1S/C28H26FN3O4/c1-5-19-21(29)9-8-17-13-18(33)14-20(22(17)19)25-16(3)24-23(27(34)36-25)26(31-28(30-24)35-4)32-11-6-7-15(2)10-12-32/h1,8-9,13-15,33H,6-7,10-12H2,2-4H3. The minimum absolute atomic E-state index is 0.0179. The number of ether oxygens (including phenoxy) is 1. The van der Waals surface area contributed by atoms with Gasteiger partial charge < -0.3 is 19.2 Å². The molecular formula is C28H26FN3O4. The summed E-state index contributed by atoms with van der Waals surface area (Å²) in [5, 5.41) is 11.5. The zero-order valence-electron chi connectivity index (χ0n) is 20.4. The van der Waals surface area contributed by atoms with E-state index in [9.17, 15) is 14.3 Å². The molecule has 2 aromatic heterocycles. The quantitative estimate of drug-likeness (QED) is 0.399. The van der Waals surface area contributed by atoms with Crippen LogP contribution in [0.4, 0.5) is 10.2 Å². The summed E-state index contributed by atoms with van der Waals surface area (Å²) in [6.07, 6.45) is 8.70. The van der Waals surface area contributed by atoms with Gasteiger partial charge in [0.15, 0.2) is 5.82 Å². The van der Waals surface area contributed by atoms with Gasteiger partial charge >= 0.3 is 11.6 Å². The minimum Gasteiger partial charge on any atom is -0.508 e. The zero-order valence-corrected chi connectivity index (χ0v) is 20.4. The third kappa shape index (κ3) is 3.91. The van der Waals surface area contributed by atoms with Crippen LogP contribution in [0.2, 0.25) is 0 Å². The lowest BCUT2D eigenvalue weighted by atomic mass is 9.95. The summed E-state index contributed by atoms with van der Waals surface area (Å²) < 4.78 is 25.9. The van der Waals surface area contributed by atoms with Crippen molar-refractivity contribution >= 4 is 27.5 Å². The maximum absolute atomic E-state index is 14.6. The van der Waals surface area contributed by atoms with Gasteiger partial charge in [-0.2, -0.15) is 9.97 Å². The number of benzene rings is 2. The van der Waals surface area contributed by atoms with Crippen molar-refractivity contribution in [2.75, 3.05) is 25.1 Å². The van der Waals surface area contributed by atoms with Crippen LogP contribution < -0.4 is 15.3 Å². The monoisotopic (exact) mass is 487 g/mol. The van der Waals surface area contributed by atoms with Crippen LogP contribution in [-0.4, -0.2) is 35.3 Å². The molecule has 0 bridgehead atoms. The summed E-state index contributed by atoms with van der Waals surface area (Å²) in [5.41, 5.74) is 0.584. The number of nitrogens with zero attached hydrogens (tertiary/aromatic N) is 3. The summed E-state index contributed by atoms with van der Waals surface area (Å²) in [7, 11) is 1.47. The average molecular weight is 488 g/mol. The Labute approximate surface area is 207 Å². The van der Waals surface area contributed by atoms with Crippen LogP contribution in [0, 0.1) is 31.0 Å². The van der Waals surface area contributed by atoms with Crippen LogP contribution in [0.5, 0.6) is 11.8 Å². The Morgan fingerprint density at radius 1 is 1.22 bits per heavy atom. The van der Waals surface area contributed by atoms with E-state index in [-0.39, 0.29) is 28.5 Å². The molecule has 1 aliphatic heterocycles. The summed E-state index contributed by atoms with van der Waals surface area (Å²) in [5.74, 6) is 2.94. The second-order valence-corrected chi connectivity index (χ2v) is 9.28. The van der Waals surface area contributed by atoms with E-state index in [4.69, 9.17) is 15.6 Å². The predicted octanol–water partition coefficient (Wildman–Crippen LogP) is 5.17. The van der Waals surface area contributed by atoms with Gasteiger partial charge in [-0.15, -0.1) is 6.42 Å². The summed E-state index contributed by atoms with van der Waals surface area (Å²) in [6.45, 7) is 5.48. The van der Waals surface area contributed by atoms with Gasteiger partial charge in [0.1, 0.15) is 22.7 Å². The number of terminal acetylenes is 1. The predicted molar refractivity (Wildman–Crippen MR) is 137 cm³/mol. The van der Waals surface area contributed by atoms with Gasteiger partial charge in [-0.3, -0.25) is 0 Å². The van der Waals surface area contributed by atoms with Crippen LogP contribution in [-0.2, 0) is 0 Å². The van der Waals surface area contributed by atoms with Crippen molar-refractivity contribution in [3.05, 3.63) is 51.6 Å². The van der Waals surface area contributed by atoms with E-state index in [1.165, 1.54) is 31.4 Å². The number of fused-ring (bicyclic) bond motifs is 2. The highest BCUT2D eigenvalue weighted by Crippen LogP contribution is 2.39. The number of phenols is 1. The van der Waals surface area contributed by atoms with Gasteiger partial charge in [0.2, 0.25) is 0 Å². The molecule has 36 heavy (non-hydrogen) atoms. The Kier molecular flexibility index (Phi) is 6.00. The Morgan fingerprint density at radius 2 is 2.03 bits per heavy atom. The lowest BCUT2D eigenvalue weighted by molar-refractivity contribution is 0.381. The number of phenolic OH excluding ortho intramolecular Hbond substituents is 1. The van der Waals surface area contributed by atoms with Crippen molar-refractivity contribution < 1.29 is 18.7 Å². The number of methoxy groups -OCH3 is 1. The lowest BCUT2D eigenvalue weighted by Crippen LogP contribution is -2.27. The fourth-order valence-corrected chi connectivity index (χ4v) is 5.01. The van der Waals surface area contributed by atoms with Crippen molar-refractivity contribution in [3.63, 3.8) is 0 Å². The summed E-state index contributed by atoms with van der Waals surface area (Å²) in [4.78, 5) is 24.6. The molecule has 184 valence electrons. The molecule has 1 fully saturated rings. The van der Waals surface area contributed by atoms with E-state index in [2.05, 4.69) is 27.7 Å². The third-order valence-electron chi connectivity index (χ3n) is 6.90. The number of hydrogen-bond donors (Lipinski definition) is 1. The minimum atomic E-state index is -0.629. The Bertz CT molecular complexity index is 1610. The number of rotatable bonds is 3. The molecule has 8 heteroatoms. The fourth-order valence-electron chi connectivity index (χ4n) is 5.01. The Morgan fingerprint density at radius 3 is 2.78 bits per heavy atom. The van der Waals surface area contributed by atoms with Crippen LogP contribution in [0.25, 0.3) is 33.0 Å². The maximum atomic E-state index is 14.6. The number of halogens is 1. The highest BCUT2D eigenvalue weighted by Gasteiger charge is 2.25. The van der Waals surface area contributed by atoms with Crippen molar-refractivity contribution in [3.8, 4) is 35.4 Å². The molecule has 1 aliphatic rings. The Balaban J connectivity index is 1.82. The molecule has 0 saturated carbocycles. The van der Waals surface area contributed by atoms with E-state index in [0.717, 1.165) is 32.4 Å². The molecule has 0 radical (unpaired) electrons. The van der Waals surface area contributed by atoms with E-state index in [0.29, 0.717) is 39.2 Å². The van der Waals surface area contributed by atoms with Crippen molar-refractivity contribution in [1.82, 2.24) is 9.97 Å². The highest BCUT2D eigenvalue weighted by atomic mass is 19.1.